The van der Waals surface area contributed by atoms with E-state index in [2.05, 4.69) is 21.0 Å². The van der Waals surface area contributed by atoms with Crippen molar-refractivity contribution >= 4 is 15.9 Å². The van der Waals surface area contributed by atoms with Crippen molar-refractivity contribution in [3.63, 3.8) is 0 Å². The molecule has 1 atom stereocenters. The monoisotopic (exact) mass is 265 g/mol. The van der Waals surface area contributed by atoms with Gasteiger partial charge in [-0.05, 0) is 36.8 Å². The van der Waals surface area contributed by atoms with Gasteiger partial charge in [0.2, 0.25) is 0 Å². The van der Waals surface area contributed by atoms with E-state index in [1.54, 1.807) is 6.20 Å². The average Bonchev–Trinajstić information content (AvgIpc) is 2.70. The lowest BCUT2D eigenvalue weighted by Crippen LogP contribution is -2.10. The molecule has 2 aromatic rings. The molecule has 3 nitrogen and oxygen atoms in total. The van der Waals surface area contributed by atoms with E-state index in [4.69, 9.17) is 5.73 Å². The number of hydrogen-bond acceptors (Lipinski definition) is 2. The lowest BCUT2D eigenvalue weighted by molar-refractivity contribution is 0.780. The van der Waals surface area contributed by atoms with Gasteiger partial charge < -0.3 is 5.73 Å². The van der Waals surface area contributed by atoms with Crippen LogP contribution >= 0.6 is 15.9 Å². The molecule has 4 heteroatoms. The third-order valence-corrected chi connectivity index (χ3v) is 2.72. The van der Waals surface area contributed by atoms with E-state index < -0.39 is 0 Å². The Morgan fingerprint density at radius 2 is 2.27 bits per heavy atom. The van der Waals surface area contributed by atoms with Gasteiger partial charge in [0.05, 0.1) is 5.69 Å². The minimum absolute atomic E-state index is 0.0123. The summed E-state index contributed by atoms with van der Waals surface area (Å²) in [5.74, 6) is 0. The SMILES string of the molecule is CC(N)c1cc(Br)ccc1-n1cccn1. The largest absolute Gasteiger partial charge is 0.324 e. The molecule has 78 valence electrons. The molecule has 1 aromatic carbocycles. The molecule has 1 aromatic heterocycles. The molecule has 0 bridgehead atoms. The number of halogens is 1. The second-order valence-corrected chi connectivity index (χ2v) is 4.36. The van der Waals surface area contributed by atoms with Crippen molar-refractivity contribution in [2.24, 2.45) is 5.73 Å². The first-order chi connectivity index (χ1) is 7.18. The predicted molar refractivity (Wildman–Crippen MR) is 63.9 cm³/mol. The van der Waals surface area contributed by atoms with E-state index >= 15 is 0 Å². The van der Waals surface area contributed by atoms with Crippen LogP contribution in [0.2, 0.25) is 0 Å². The normalized spacial score (nSPS) is 12.7. The van der Waals surface area contributed by atoms with E-state index in [-0.39, 0.29) is 6.04 Å². The zero-order chi connectivity index (χ0) is 10.8. The maximum Gasteiger partial charge on any atom is 0.0693 e. The van der Waals surface area contributed by atoms with E-state index in [0.29, 0.717) is 0 Å². The molecule has 0 saturated heterocycles. The predicted octanol–water partition coefficient (Wildman–Crippen LogP) is 2.65. The minimum Gasteiger partial charge on any atom is -0.324 e. The lowest BCUT2D eigenvalue weighted by Gasteiger charge is -2.13. The van der Waals surface area contributed by atoms with Crippen molar-refractivity contribution in [3.05, 3.63) is 46.7 Å². The van der Waals surface area contributed by atoms with Gasteiger partial charge in [-0.15, -0.1) is 0 Å². The Labute approximate surface area is 97.0 Å². The second-order valence-electron chi connectivity index (χ2n) is 3.44. The molecule has 1 heterocycles. The van der Waals surface area contributed by atoms with Gasteiger partial charge in [0.15, 0.2) is 0 Å². The van der Waals surface area contributed by atoms with Crippen molar-refractivity contribution in [2.75, 3.05) is 0 Å². The Balaban J connectivity index is 2.56. The van der Waals surface area contributed by atoms with Gasteiger partial charge in [0, 0.05) is 22.9 Å². The summed E-state index contributed by atoms with van der Waals surface area (Å²) in [5.41, 5.74) is 8.03. The minimum atomic E-state index is -0.0123. The summed E-state index contributed by atoms with van der Waals surface area (Å²) in [4.78, 5) is 0. The zero-order valence-corrected chi connectivity index (χ0v) is 9.98. The van der Waals surface area contributed by atoms with Gasteiger partial charge in [-0.25, -0.2) is 4.68 Å². The Hall–Kier alpha value is -1.13. The fourth-order valence-electron chi connectivity index (χ4n) is 1.51. The molecule has 0 fully saturated rings. The zero-order valence-electron chi connectivity index (χ0n) is 8.39. The van der Waals surface area contributed by atoms with Crippen LogP contribution in [-0.4, -0.2) is 9.78 Å². The molecule has 2 N–H and O–H groups in total. The maximum absolute atomic E-state index is 5.93. The maximum atomic E-state index is 5.93. The summed E-state index contributed by atoms with van der Waals surface area (Å²) in [6.07, 6.45) is 3.67. The fraction of sp³-hybridized carbons (Fsp3) is 0.182. The molecule has 0 aliphatic heterocycles. The molecular weight excluding hydrogens is 254 g/mol. The Bertz CT molecular complexity index is 449. The van der Waals surface area contributed by atoms with Crippen LogP contribution < -0.4 is 5.73 Å². The van der Waals surface area contributed by atoms with Gasteiger partial charge in [-0.2, -0.15) is 5.10 Å². The van der Waals surface area contributed by atoms with Crippen molar-refractivity contribution in [2.45, 2.75) is 13.0 Å². The van der Waals surface area contributed by atoms with Gasteiger partial charge in [-0.1, -0.05) is 15.9 Å². The van der Waals surface area contributed by atoms with Crippen molar-refractivity contribution in [1.29, 1.82) is 0 Å². The molecule has 0 aliphatic carbocycles. The van der Waals surface area contributed by atoms with Crippen LogP contribution in [-0.2, 0) is 0 Å². The van der Waals surface area contributed by atoms with Crippen LogP contribution in [0.1, 0.15) is 18.5 Å². The fourth-order valence-corrected chi connectivity index (χ4v) is 1.89. The topological polar surface area (TPSA) is 43.8 Å². The van der Waals surface area contributed by atoms with Gasteiger partial charge in [0.1, 0.15) is 0 Å². The first-order valence-electron chi connectivity index (χ1n) is 4.73. The Kier molecular flexibility index (Phi) is 2.88. The summed E-state index contributed by atoms with van der Waals surface area (Å²) < 4.78 is 2.86. The highest BCUT2D eigenvalue weighted by Gasteiger charge is 2.09. The number of aromatic nitrogens is 2. The standard InChI is InChI=1S/C11H12BrN3/c1-8(13)10-7-9(12)3-4-11(10)15-6-2-5-14-15/h2-8H,13H2,1H3. The highest BCUT2D eigenvalue weighted by atomic mass is 79.9. The number of rotatable bonds is 2. The summed E-state index contributed by atoms with van der Waals surface area (Å²) in [7, 11) is 0. The Morgan fingerprint density at radius 3 is 2.87 bits per heavy atom. The third kappa shape index (κ3) is 2.11. The molecule has 0 spiro atoms. The Morgan fingerprint density at radius 1 is 1.47 bits per heavy atom. The van der Waals surface area contributed by atoms with Gasteiger partial charge >= 0.3 is 0 Å². The van der Waals surface area contributed by atoms with Crippen LogP contribution in [0.3, 0.4) is 0 Å². The number of nitrogens with two attached hydrogens (primary N) is 1. The van der Waals surface area contributed by atoms with E-state index in [0.717, 1.165) is 15.7 Å². The first kappa shape index (κ1) is 10.4. The van der Waals surface area contributed by atoms with E-state index in [1.165, 1.54) is 0 Å². The third-order valence-electron chi connectivity index (χ3n) is 2.23. The van der Waals surface area contributed by atoms with Gasteiger partial charge in [-0.3, -0.25) is 0 Å². The lowest BCUT2D eigenvalue weighted by atomic mass is 10.1. The van der Waals surface area contributed by atoms with Crippen LogP contribution in [0, 0.1) is 0 Å². The van der Waals surface area contributed by atoms with Crippen LogP contribution in [0.25, 0.3) is 5.69 Å². The average molecular weight is 266 g/mol. The van der Waals surface area contributed by atoms with E-state index in [1.807, 2.05) is 42.1 Å². The highest BCUT2D eigenvalue weighted by molar-refractivity contribution is 9.10. The number of nitrogens with zero attached hydrogens (tertiary/aromatic N) is 2. The first-order valence-corrected chi connectivity index (χ1v) is 5.53. The van der Waals surface area contributed by atoms with Crippen LogP contribution in [0.15, 0.2) is 41.1 Å². The molecule has 0 amide bonds. The van der Waals surface area contributed by atoms with Crippen LogP contribution in [0.5, 0.6) is 0 Å². The quantitative estimate of drug-likeness (QED) is 0.908. The van der Waals surface area contributed by atoms with E-state index in [9.17, 15) is 0 Å². The van der Waals surface area contributed by atoms with Crippen molar-refractivity contribution in [1.82, 2.24) is 9.78 Å². The number of benzene rings is 1. The summed E-state index contributed by atoms with van der Waals surface area (Å²) in [6.45, 7) is 1.97. The summed E-state index contributed by atoms with van der Waals surface area (Å²) in [5, 5.41) is 4.21. The second kappa shape index (κ2) is 4.16. The molecule has 2 rings (SSSR count). The molecule has 1 unspecified atom stereocenters. The van der Waals surface area contributed by atoms with Crippen molar-refractivity contribution in [3.8, 4) is 5.69 Å². The van der Waals surface area contributed by atoms with Gasteiger partial charge in [0.25, 0.3) is 0 Å². The number of hydrogen-bond donors (Lipinski definition) is 1. The smallest absolute Gasteiger partial charge is 0.0693 e. The molecule has 0 saturated carbocycles. The van der Waals surface area contributed by atoms with Crippen LogP contribution in [0.4, 0.5) is 0 Å². The molecule has 0 radical (unpaired) electrons. The highest BCUT2D eigenvalue weighted by Crippen LogP contribution is 2.23. The summed E-state index contributed by atoms with van der Waals surface area (Å²) in [6, 6.07) is 7.91. The molecule has 0 aliphatic rings. The summed E-state index contributed by atoms with van der Waals surface area (Å²) >= 11 is 3.44. The molecule has 15 heavy (non-hydrogen) atoms. The van der Waals surface area contributed by atoms with Crippen molar-refractivity contribution < 1.29 is 0 Å². The molecular formula is C11H12BrN3.